The van der Waals surface area contributed by atoms with Crippen LogP contribution in [0.1, 0.15) is 19.0 Å². The van der Waals surface area contributed by atoms with E-state index in [1.54, 1.807) is 24.3 Å². The largest absolute Gasteiger partial charge is 0.434 e. The van der Waals surface area contributed by atoms with E-state index < -0.39 is 6.61 Å². The van der Waals surface area contributed by atoms with E-state index in [1.807, 2.05) is 6.92 Å². The van der Waals surface area contributed by atoms with Crippen molar-refractivity contribution >= 4 is 11.6 Å². The van der Waals surface area contributed by atoms with Crippen LogP contribution in [0.3, 0.4) is 0 Å². The predicted molar refractivity (Wildman–Crippen MR) is 73.1 cm³/mol. The van der Waals surface area contributed by atoms with Crippen molar-refractivity contribution in [3.8, 4) is 17.1 Å². The highest BCUT2D eigenvalue weighted by molar-refractivity contribution is 6.29. The zero-order valence-electron chi connectivity index (χ0n) is 10.8. The molecule has 0 aliphatic heterocycles. The van der Waals surface area contributed by atoms with Crippen molar-refractivity contribution in [2.45, 2.75) is 26.4 Å². The fourth-order valence-electron chi connectivity index (χ4n) is 1.82. The van der Waals surface area contributed by atoms with Gasteiger partial charge in [0, 0.05) is 5.69 Å². The molecule has 1 aromatic carbocycles. The van der Waals surface area contributed by atoms with Crippen molar-refractivity contribution in [3.63, 3.8) is 0 Å². The molecular weight excluding hydrogens is 286 g/mol. The predicted octanol–water partition coefficient (Wildman–Crippen LogP) is 4.35. The summed E-state index contributed by atoms with van der Waals surface area (Å²) in [6.45, 7) is -0.880. The van der Waals surface area contributed by atoms with E-state index in [0.29, 0.717) is 5.56 Å². The molecule has 0 N–H and O–H groups in total. The minimum atomic E-state index is -2.90. The van der Waals surface area contributed by atoms with Crippen LogP contribution in [0, 0.1) is 0 Å². The fraction of sp³-hybridized carbons (Fsp3) is 0.286. The topological polar surface area (TPSA) is 35.0 Å². The summed E-state index contributed by atoms with van der Waals surface area (Å²) < 4.78 is 29.3. The van der Waals surface area contributed by atoms with Crippen molar-refractivity contribution in [3.05, 3.63) is 41.2 Å². The van der Waals surface area contributed by atoms with Gasteiger partial charge < -0.3 is 4.74 Å². The van der Waals surface area contributed by atoms with Gasteiger partial charge in [0.05, 0.1) is 5.56 Å². The number of aromatic nitrogens is 2. The van der Waals surface area contributed by atoms with Crippen molar-refractivity contribution in [1.82, 2.24) is 9.97 Å². The summed E-state index contributed by atoms with van der Waals surface area (Å²) in [4.78, 5) is 8.42. The molecular formula is C14H13ClF2N2O. The van der Waals surface area contributed by atoms with Crippen LogP contribution in [0.2, 0.25) is 5.15 Å². The van der Waals surface area contributed by atoms with Crippen molar-refractivity contribution in [2.75, 3.05) is 0 Å². The number of hydrogen-bond donors (Lipinski definition) is 0. The van der Waals surface area contributed by atoms with Gasteiger partial charge in [0.25, 0.3) is 0 Å². The molecule has 0 spiro atoms. The maximum Gasteiger partial charge on any atom is 0.387 e. The average molecular weight is 299 g/mol. The minimum Gasteiger partial charge on any atom is -0.434 e. The summed E-state index contributed by atoms with van der Waals surface area (Å²) in [6.07, 6.45) is 1.65. The van der Waals surface area contributed by atoms with E-state index >= 15 is 0 Å². The summed E-state index contributed by atoms with van der Waals surface area (Å²) in [7, 11) is 0. The van der Waals surface area contributed by atoms with E-state index in [2.05, 4.69) is 14.7 Å². The number of hydrogen-bond acceptors (Lipinski definition) is 3. The second-order valence-electron chi connectivity index (χ2n) is 4.13. The molecule has 106 valence electrons. The van der Waals surface area contributed by atoms with Gasteiger partial charge in [-0.2, -0.15) is 8.78 Å². The van der Waals surface area contributed by atoms with Gasteiger partial charge in [-0.3, -0.25) is 0 Å². The molecule has 1 heterocycles. The molecule has 6 heteroatoms. The maximum atomic E-state index is 12.4. The molecule has 2 rings (SSSR count). The third-order valence-electron chi connectivity index (χ3n) is 2.60. The smallest absolute Gasteiger partial charge is 0.387 e. The summed E-state index contributed by atoms with van der Waals surface area (Å²) in [5.41, 5.74) is 1.17. The highest BCUT2D eigenvalue weighted by Gasteiger charge is 2.14. The van der Waals surface area contributed by atoms with Gasteiger partial charge in [-0.1, -0.05) is 37.1 Å². The normalized spacial score (nSPS) is 10.8. The molecule has 0 aliphatic carbocycles. The Hall–Kier alpha value is -1.75. The van der Waals surface area contributed by atoms with E-state index in [0.717, 1.165) is 18.5 Å². The van der Waals surface area contributed by atoms with Gasteiger partial charge in [0.1, 0.15) is 10.9 Å². The average Bonchev–Trinajstić information content (AvgIpc) is 2.38. The standard InChI is InChI=1S/C14H13ClF2N2O/c1-2-5-9-8-12(15)19-13(18-9)10-6-3-4-7-11(10)20-14(16)17/h3-4,6-8,14H,2,5H2,1H3. The number of aryl methyl sites for hydroxylation is 1. The van der Waals surface area contributed by atoms with Crippen molar-refractivity contribution in [2.24, 2.45) is 0 Å². The molecule has 0 saturated heterocycles. The van der Waals surface area contributed by atoms with Gasteiger partial charge in [-0.05, 0) is 24.6 Å². The Labute approximate surface area is 120 Å². The zero-order valence-corrected chi connectivity index (χ0v) is 11.6. The molecule has 0 atom stereocenters. The summed E-state index contributed by atoms with van der Waals surface area (Å²) in [5.74, 6) is 0.324. The lowest BCUT2D eigenvalue weighted by molar-refractivity contribution is -0.0494. The molecule has 2 aromatic rings. The molecule has 0 amide bonds. The van der Waals surface area contributed by atoms with Gasteiger partial charge in [-0.15, -0.1) is 0 Å². The van der Waals surface area contributed by atoms with Crippen LogP contribution >= 0.6 is 11.6 Å². The highest BCUT2D eigenvalue weighted by atomic mass is 35.5. The second-order valence-corrected chi connectivity index (χ2v) is 4.52. The monoisotopic (exact) mass is 298 g/mol. The highest BCUT2D eigenvalue weighted by Crippen LogP contribution is 2.29. The SMILES string of the molecule is CCCc1cc(Cl)nc(-c2ccccc2OC(F)F)n1. The Kier molecular flexibility index (Phi) is 4.84. The van der Waals surface area contributed by atoms with Gasteiger partial charge in [0.2, 0.25) is 0 Å². The molecule has 3 nitrogen and oxygen atoms in total. The lowest BCUT2D eigenvalue weighted by atomic mass is 10.1. The number of alkyl halides is 2. The van der Waals surface area contributed by atoms with Gasteiger partial charge >= 0.3 is 6.61 Å². The van der Waals surface area contributed by atoms with Gasteiger partial charge in [0.15, 0.2) is 5.82 Å². The van der Waals surface area contributed by atoms with Crippen LogP contribution in [-0.2, 0) is 6.42 Å². The summed E-state index contributed by atoms with van der Waals surface area (Å²) in [6, 6.07) is 8.06. The molecule has 0 aliphatic rings. The Morgan fingerprint density at radius 1 is 1.25 bits per heavy atom. The molecule has 0 unspecified atom stereocenters. The number of halogens is 3. The Morgan fingerprint density at radius 3 is 2.70 bits per heavy atom. The second kappa shape index (κ2) is 6.61. The van der Waals surface area contributed by atoms with E-state index in [9.17, 15) is 8.78 Å². The van der Waals surface area contributed by atoms with Crippen LogP contribution in [0.5, 0.6) is 5.75 Å². The summed E-state index contributed by atoms with van der Waals surface area (Å²) >= 11 is 5.95. The maximum absolute atomic E-state index is 12.4. The molecule has 0 radical (unpaired) electrons. The molecule has 0 fully saturated rings. The summed E-state index contributed by atoms with van der Waals surface area (Å²) in [5, 5.41) is 0.283. The van der Waals surface area contributed by atoms with Crippen LogP contribution in [-0.4, -0.2) is 16.6 Å². The third-order valence-corrected chi connectivity index (χ3v) is 2.79. The van der Waals surface area contributed by atoms with E-state index in [-0.39, 0.29) is 16.7 Å². The lowest BCUT2D eigenvalue weighted by Crippen LogP contribution is -2.04. The third kappa shape index (κ3) is 3.63. The first kappa shape index (κ1) is 14.7. The van der Waals surface area contributed by atoms with Crippen molar-refractivity contribution in [1.29, 1.82) is 0 Å². The van der Waals surface area contributed by atoms with E-state index in [4.69, 9.17) is 11.6 Å². The quantitative estimate of drug-likeness (QED) is 0.770. The number of rotatable bonds is 5. The van der Waals surface area contributed by atoms with E-state index in [1.165, 1.54) is 6.07 Å². The number of ether oxygens (including phenoxy) is 1. The minimum absolute atomic E-state index is 0.0345. The molecule has 0 bridgehead atoms. The first-order valence-electron chi connectivity index (χ1n) is 6.18. The fourth-order valence-corrected chi connectivity index (χ4v) is 2.03. The van der Waals surface area contributed by atoms with Crippen molar-refractivity contribution < 1.29 is 13.5 Å². The number of benzene rings is 1. The molecule has 20 heavy (non-hydrogen) atoms. The Bertz CT molecular complexity index is 593. The first-order chi connectivity index (χ1) is 9.60. The zero-order chi connectivity index (χ0) is 14.5. The Balaban J connectivity index is 2.45. The number of para-hydroxylation sites is 1. The number of nitrogens with zero attached hydrogens (tertiary/aromatic N) is 2. The van der Waals surface area contributed by atoms with Gasteiger partial charge in [-0.25, -0.2) is 9.97 Å². The molecule has 1 aromatic heterocycles. The lowest BCUT2D eigenvalue weighted by Gasteiger charge is -2.10. The van der Waals surface area contributed by atoms with Crippen LogP contribution < -0.4 is 4.74 Å². The molecule has 0 saturated carbocycles. The van der Waals surface area contributed by atoms with Crippen LogP contribution in [0.4, 0.5) is 8.78 Å². The Morgan fingerprint density at radius 2 is 2.00 bits per heavy atom. The van der Waals surface area contributed by atoms with Crippen LogP contribution in [0.25, 0.3) is 11.4 Å². The first-order valence-corrected chi connectivity index (χ1v) is 6.55. The van der Waals surface area contributed by atoms with Crippen LogP contribution in [0.15, 0.2) is 30.3 Å².